The summed E-state index contributed by atoms with van der Waals surface area (Å²) in [6.07, 6.45) is 1.75. The molecule has 2 aromatic rings. The van der Waals surface area contributed by atoms with Gasteiger partial charge in [0.15, 0.2) is 0 Å². The Morgan fingerprint density at radius 2 is 2.05 bits per heavy atom. The molecule has 2 heterocycles. The van der Waals surface area contributed by atoms with Gasteiger partial charge in [0.2, 0.25) is 10.0 Å². The molecule has 0 fully saturated rings. The average Bonchev–Trinajstić information content (AvgIpc) is 2.95. The standard InChI is InChI=1S/C12H17N3O2S3/c1-8-7-18-10(5-13-3)12(8)20(16,17)15-6-11-14-4-9(2)19-11/h4,7,13,15H,5-6H2,1-3H3. The van der Waals surface area contributed by atoms with Gasteiger partial charge in [-0.05, 0) is 31.8 Å². The van der Waals surface area contributed by atoms with Gasteiger partial charge in [0.1, 0.15) is 9.90 Å². The quantitative estimate of drug-likeness (QED) is 0.849. The summed E-state index contributed by atoms with van der Waals surface area (Å²) in [5.74, 6) is 0. The van der Waals surface area contributed by atoms with Crippen LogP contribution >= 0.6 is 22.7 Å². The van der Waals surface area contributed by atoms with Gasteiger partial charge in [0.05, 0.1) is 6.54 Å². The van der Waals surface area contributed by atoms with E-state index in [-0.39, 0.29) is 6.54 Å². The van der Waals surface area contributed by atoms with E-state index < -0.39 is 10.0 Å². The molecule has 0 aliphatic carbocycles. The Morgan fingerprint density at radius 1 is 1.30 bits per heavy atom. The molecule has 0 aliphatic heterocycles. The number of thiazole rings is 1. The lowest BCUT2D eigenvalue weighted by atomic mass is 10.3. The number of hydrogen-bond acceptors (Lipinski definition) is 6. The molecule has 0 saturated carbocycles. The number of aryl methyl sites for hydroxylation is 2. The van der Waals surface area contributed by atoms with Crippen molar-refractivity contribution in [1.29, 1.82) is 0 Å². The van der Waals surface area contributed by atoms with Crippen LogP contribution in [0, 0.1) is 13.8 Å². The van der Waals surface area contributed by atoms with Crippen molar-refractivity contribution in [2.45, 2.75) is 31.8 Å². The van der Waals surface area contributed by atoms with Crippen LogP contribution in [0.2, 0.25) is 0 Å². The maximum Gasteiger partial charge on any atom is 0.242 e. The molecule has 0 saturated heterocycles. The molecular formula is C12H17N3O2S3. The van der Waals surface area contributed by atoms with Crippen molar-refractivity contribution in [2.24, 2.45) is 0 Å². The lowest BCUT2D eigenvalue weighted by Gasteiger charge is -2.08. The first kappa shape index (κ1) is 15.6. The molecule has 0 bridgehead atoms. The third-order valence-electron chi connectivity index (χ3n) is 2.68. The highest BCUT2D eigenvalue weighted by molar-refractivity contribution is 7.89. The van der Waals surface area contributed by atoms with Crippen molar-refractivity contribution in [3.05, 3.63) is 31.9 Å². The van der Waals surface area contributed by atoms with Crippen molar-refractivity contribution in [3.8, 4) is 0 Å². The third kappa shape index (κ3) is 3.44. The Bertz CT molecular complexity index is 689. The molecule has 110 valence electrons. The van der Waals surface area contributed by atoms with Crippen LogP contribution in [-0.4, -0.2) is 20.4 Å². The van der Waals surface area contributed by atoms with E-state index >= 15 is 0 Å². The first-order chi connectivity index (χ1) is 9.44. The number of aromatic nitrogens is 1. The van der Waals surface area contributed by atoms with Crippen LogP contribution in [-0.2, 0) is 23.1 Å². The number of hydrogen-bond donors (Lipinski definition) is 2. The lowest BCUT2D eigenvalue weighted by molar-refractivity contribution is 0.579. The summed E-state index contributed by atoms with van der Waals surface area (Å²) in [5, 5.41) is 5.64. The van der Waals surface area contributed by atoms with Gasteiger partial charge in [-0.15, -0.1) is 22.7 Å². The average molecular weight is 331 g/mol. The molecule has 2 aromatic heterocycles. The van der Waals surface area contributed by atoms with Gasteiger partial charge >= 0.3 is 0 Å². The normalized spacial score (nSPS) is 11.9. The van der Waals surface area contributed by atoms with E-state index in [0.29, 0.717) is 11.4 Å². The van der Waals surface area contributed by atoms with Gasteiger partial charge in [-0.25, -0.2) is 18.1 Å². The molecule has 0 aromatic carbocycles. The SMILES string of the molecule is CNCc1scc(C)c1S(=O)(=O)NCc1ncc(C)s1. The van der Waals surface area contributed by atoms with Crippen molar-refractivity contribution >= 4 is 32.7 Å². The highest BCUT2D eigenvalue weighted by atomic mass is 32.2. The zero-order valence-electron chi connectivity index (χ0n) is 11.6. The largest absolute Gasteiger partial charge is 0.315 e. The zero-order chi connectivity index (χ0) is 14.8. The fourth-order valence-electron chi connectivity index (χ4n) is 1.84. The minimum atomic E-state index is -3.50. The van der Waals surface area contributed by atoms with Gasteiger partial charge < -0.3 is 5.32 Å². The summed E-state index contributed by atoms with van der Waals surface area (Å²) in [5.41, 5.74) is 0.781. The van der Waals surface area contributed by atoms with E-state index in [9.17, 15) is 8.42 Å². The second-order valence-corrected chi connectivity index (χ2v) is 8.38. The number of thiophene rings is 1. The minimum Gasteiger partial charge on any atom is -0.315 e. The molecule has 8 heteroatoms. The maximum absolute atomic E-state index is 12.4. The van der Waals surface area contributed by atoms with E-state index in [1.807, 2.05) is 19.2 Å². The van der Waals surface area contributed by atoms with E-state index in [1.165, 1.54) is 22.7 Å². The predicted octanol–water partition coefficient (Wildman–Crippen LogP) is 2.02. The van der Waals surface area contributed by atoms with Gasteiger partial charge in [-0.1, -0.05) is 0 Å². The first-order valence-electron chi connectivity index (χ1n) is 6.06. The molecule has 2 N–H and O–H groups in total. The summed E-state index contributed by atoms with van der Waals surface area (Å²) >= 11 is 2.96. The summed E-state index contributed by atoms with van der Waals surface area (Å²) in [6.45, 7) is 4.54. The van der Waals surface area contributed by atoms with Crippen molar-refractivity contribution in [2.75, 3.05) is 7.05 Å². The van der Waals surface area contributed by atoms with Gasteiger partial charge in [-0.2, -0.15) is 0 Å². The van der Waals surface area contributed by atoms with Gasteiger partial charge in [0.25, 0.3) is 0 Å². The monoisotopic (exact) mass is 331 g/mol. The molecule has 2 rings (SSSR count). The molecule has 0 radical (unpaired) electrons. The van der Waals surface area contributed by atoms with Crippen LogP contribution < -0.4 is 10.0 Å². The van der Waals surface area contributed by atoms with E-state index in [2.05, 4.69) is 15.0 Å². The van der Waals surface area contributed by atoms with Crippen LogP contribution in [0.25, 0.3) is 0 Å². The van der Waals surface area contributed by atoms with E-state index in [0.717, 1.165) is 20.3 Å². The molecule has 20 heavy (non-hydrogen) atoms. The molecule has 5 nitrogen and oxygen atoms in total. The lowest BCUT2D eigenvalue weighted by Crippen LogP contribution is -2.25. The molecular weight excluding hydrogens is 314 g/mol. The Hall–Kier alpha value is -0.800. The fraction of sp³-hybridized carbons (Fsp3) is 0.417. The first-order valence-corrected chi connectivity index (χ1v) is 9.24. The summed E-state index contributed by atoms with van der Waals surface area (Å²) in [6, 6.07) is 0. The van der Waals surface area contributed by atoms with Gasteiger partial charge in [-0.3, -0.25) is 0 Å². The summed E-state index contributed by atoms with van der Waals surface area (Å²) in [7, 11) is -1.70. The zero-order valence-corrected chi connectivity index (χ0v) is 14.0. The number of nitrogens with zero attached hydrogens (tertiary/aromatic N) is 1. The number of sulfonamides is 1. The summed E-state index contributed by atoms with van der Waals surface area (Å²) in [4.78, 5) is 6.45. The van der Waals surface area contributed by atoms with Crippen LogP contribution in [0.4, 0.5) is 0 Å². The Balaban J connectivity index is 2.20. The highest BCUT2D eigenvalue weighted by Gasteiger charge is 2.22. The van der Waals surface area contributed by atoms with Crippen molar-refractivity contribution in [1.82, 2.24) is 15.0 Å². The number of rotatable bonds is 6. The van der Waals surface area contributed by atoms with E-state index in [4.69, 9.17) is 0 Å². The molecule has 0 amide bonds. The maximum atomic E-state index is 12.4. The molecule has 0 aliphatic rings. The highest BCUT2D eigenvalue weighted by Crippen LogP contribution is 2.27. The Kier molecular flexibility index (Phi) is 4.92. The third-order valence-corrected chi connectivity index (χ3v) is 6.45. The smallest absolute Gasteiger partial charge is 0.242 e. The second-order valence-electron chi connectivity index (χ2n) is 4.39. The molecule has 0 spiro atoms. The van der Waals surface area contributed by atoms with E-state index in [1.54, 1.807) is 13.2 Å². The van der Waals surface area contributed by atoms with Crippen LogP contribution in [0.15, 0.2) is 16.5 Å². The predicted molar refractivity (Wildman–Crippen MR) is 82.7 cm³/mol. The fourth-order valence-corrected chi connectivity index (χ4v) is 5.47. The van der Waals surface area contributed by atoms with Crippen molar-refractivity contribution < 1.29 is 8.42 Å². The molecule has 0 atom stereocenters. The van der Waals surface area contributed by atoms with Crippen LogP contribution in [0.1, 0.15) is 20.3 Å². The molecule has 0 unspecified atom stereocenters. The van der Waals surface area contributed by atoms with Crippen LogP contribution in [0.3, 0.4) is 0 Å². The van der Waals surface area contributed by atoms with Crippen molar-refractivity contribution in [3.63, 3.8) is 0 Å². The summed E-state index contributed by atoms with van der Waals surface area (Å²) < 4.78 is 27.5. The Labute approximate surface area is 127 Å². The topological polar surface area (TPSA) is 71.1 Å². The van der Waals surface area contributed by atoms with Gasteiger partial charge in [0, 0.05) is 22.5 Å². The minimum absolute atomic E-state index is 0.231. The Morgan fingerprint density at radius 3 is 2.65 bits per heavy atom. The second kappa shape index (κ2) is 6.31. The number of nitrogens with one attached hydrogen (secondary N) is 2. The van der Waals surface area contributed by atoms with Crippen LogP contribution in [0.5, 0.6) is 0 Å².